The summed E-state index contributed by atoms with van der Waals surface area (Å²) in [4.78, 5) is 15.4. The molecule has 1 heterocycles. The highest BCUT2D eigenvalue weighted by atomic mass is 32.1. The minimum atomic E-state index is 0.139. The van der Waals surface area contributed by atoms with Crippen LogP contribution in [0.3, 0.4) is 0 Å². The van der Waals surface area contributed by atoms with Gasteiger partial charge in [0.1, 0.15) is 0 Å². The highest BCUT2D eigenvalue weighted by molar-refractivity contribution is 7.80. The summed E-state index contributed by atoms with van der Waals surface area (Å²) in [7, 11) is 1.89. The first-order valence-corrected chi connectivity index (χ1v) is 6.06. The second kappa shape index (κ2) is 3.95. The normalized spacial score (nSPS) is 16.4. The first kappa shape index (κ1) is 10.1. The van der Waals surface area contributed by atoms with Crippen LogP contribution in [0.5, 0.6) is 0 Å². The fourth-order valence-electron chi connectivity index (χ4n) is 1.55. The molecule has 76 valence electrons. The third kappa shape index (κ3) is 1.81. The molecule has 1 saturated carbocycles. The molecule has 0 bridgehead atoms. The molecule has 4 heteroatoms. The van der Waals surface area contributed by atoms with Gasteiger partial charge in [-0.1, -0.05) is 0 Å². The van der Waals surface area contributed by atoms with Crippen LogP contribution in [0.4, 0.5) is 0 Å². The third-order valence-corrected chi connectivity index (χ3v) is 4.09. The lowest BCUT2D eigenvalue weighted by molar-refractivity contribution is 0.0657. The minimum absolute atomic E-state index is 0.139. The van der Waals surface area contributed by atoms with Crippen molar-refractivity contribution in [3.8, 4) is 0 Å². The number of nitrogens with zero attached hydrogens (tertiary/aromatic N) is 1. The number of amides is 1. The first-order chi connectivity index (χ1) is 6.68. The maximum Gasteiger partial charge on any atom is 0.263 e. The van der Waals surface area contributed by atoms with Crippen molar-refractivity contribution in [2.45, 2.75) is 30.2 Å². The number of hydrogen-bond donors (Lipinski definition) is 1. The summed E-state index contributed by atoms with van der Waals surface area (Å²) in [5.41, 5.74) is 0. The van der Waals surface area contributed by atoms with Gasteiger partial charge in [-0.15, -0.1) is 24.0 Å². The molecule has 0 saturated heterocycles. The maximum absolute atomic E-state index is 11.9. The van der Waals surface area contributed by atoms with Crippen molar-refractivity contribution in [1.82, 2.24) is 4.90 Å². The van der Waals surface area contributed by atoms with Crippen LogP contribution in [0.15, 0.2) is 16.3 Å². The second-order valence-corrected chi connectivity index (χ2v) is 5.10. The zero-order valence-corrected chi connectivity index (χ0v) is 9.78. The number of thiophene rings is 1. The Balaban J connectivity index is 2.07. The molecular weight excluding hydrogens is 214 g/mol. The molecule has 0 spiro atoms. The Morgan fingerprint density at radius 2 is 2.36 bits per heavy atom. The number of carbonyl (C=O) groups is 1. The molecular formula is C10H13NOS2. The molecule has 1 aromatic rings. The fraction of sp³-hybridized carbons (Fsp3) is 0.500. The lowest BCUT2D eigenvalue weighted by atomic mass is 9.92. The van der Waals surface area contributed by atoms with Crippen molar-refractivity contribution in [3.63, 3.8) is 0 Å². The Hall–Kier alpha value is -0.480. The van der Waals surface area contributed by atoms with Gasteiger partial charge in [-0.2, -0.15) is 0 Å². The van der Waals surface area contributed by atoms with Crippen molar-refractivity contribution in [1.29, 1.82) is 0 Å². The molecule has 0 atom stereocenters. The van der Waals surface area contributed by atoms with Crippen LogP contribution in [-0.2, 0) is 0 Å². The first-order valence-electron chi connectivity index (χ1n) is 4.73. The van der Waals surface area contributed by atoms with Gasteiger partial charge < -0.3 is 4.90 Å². The largest absolute Gasteiger partial charge is 0.338 e. The third-order valence-electron chi connectivity index (χ3n) is 2.74. The topological polar surface area (TPSA) is 20.3 Å². The van der Waals surface area contributed by atoms with Gasteiger partial charge in [-0.25, -0.2) is 0 Å². The van der Waals surface area contributed by atoms with E-state index in [9.17, 15) is 4.79 Å². The van der Waals surface area contributed by atoms with Gasteiger partial charge in [0.15, 0.2) is 0 Å². The molecule has 1 aliphatic rings. The SMILES string of the molecule is CN(C(=O)c1cc(S)cs1)C1CCC1. The zero-order chi connectivity index (χ0) is 10.1. The van der Waals surface area contributed by atoms with Crippen LogP contribution in [0.1, 0.15) is 28.9 Å². The van der Waals surface area contributed by atoms with Crippen LogP contribution in [0, 0.1) is 0 Å². The van der Waals surface area contributed by atoms with E-state index in [0.29, 0.717) is 6.04 Å². The second-order valence-electron chi connectivity index (χ2n) is 3.67. The summed E-state index contributed by atoms with van der Waals surface area (Å²) in [6, 6.07) is 2.30. The highest BCUT2D eigenvalue weighted by Crippen LogP contribution is 2.26. The quantitative estimate of drug-likeness (QED) is 0.770. The molecule has 0 aromatic carbocycles. The molecule has 1 fully saturated rings. The van der Waals surface area contributed by atoms with E-state index in [1.54, 1.807) is 0 Å². The molecule has 1 aliphatic carbocycles. The number of carbonyl (C=O) groups excluding carboxylic acids is 1. The summed E-state index contributed by atoms with van der Waals surface area (Å²) >= 11 is 5.67. The molecule has 1 amide bonds. The summed E-state index contributed by atoms with van der Waals surface area (Å²) in [6.45, 7) is 0. The van der Waals surface area contributed by atoms with Gasteiger partial charge >= 0.3 is 0 Å². The van der Waals surface area contributed by atoms with E-state index in [-0.39, 0.29) is 5.91 Å². The van der Waals surface area contributed by atoms with Gasteiger partial charge in [-0.05, 0) is 25.3 Å². The van der Waals surface area contributed by atoms with Crippen molar-refractivity contribution in [3.05, 3.63) is 16.3 Å². The van der Waals surface area contributed by atoms with Crippen LogP contribution in [-0.4, -0.2) is 23.9 Å². The van der Waals surface area contributed by atoms with E-state index in [4.69, 9.17) is 0 Å². The van der Waals surface area contributed by atoms with E-state index < -0.39 is 0 Å². The Bertz CT molecular complexity index is 344. The average Bonchev–Trinajstić information content (AvgIpc) is 2.47. The van der Waals surface area contributed by atoms with Crippen molar-refractivity contribution < 1.29 is 4.79 Å². The molecule has 14 heavy (non-hydrogen) atoms. The highest BCUT2D eigenvalue weighted by Gasteiger charge is 2.26. The predicted octanol–water partition coefficient (Wildman–Crippen LogP) is 2.66. The Kier molecular flexibility index (Phi) is 2.83. The van der Waals surface area contributed by atoms with Crippen LogP contribution < -0.4 is 0 Å². The van der Waals surface area contributed by atoms with Gasteiger partial charge in [0.25, 0.3) is 5.91 Å². The minimum Gasteiger partial charge on any atom is -0.338 e. The summed E-state index contributed by atoms with van der Waals surface area (Å²) in [5.74, 6) is 0.139. The summed E-state index contributed by atoms with van der Waals surface area (Å²) < 4.78 is 0. The average molecular weight is 227 g/mol. The lowest BCUT2D eigenvalue weighted by Gasteiger charge is -2.34. The summed E-state index contributed by atoms with van der Waals surface area (Å²) in [6.07, 6.45) is 3.56. The van der Waals surface area contributed by atoms with E-state index in [2.05, 4.69) is 12.6 Å². The van der Waals surface area contributed by atoms with Gasteiger partial charge in [0.2, 0.25) is 0 Å². The molecule has 0 aliphatic heterocycles. The predicted molar refractivity (Wildman–Crippen MR) is 61.3 cm³/mol. The monoisotopic (exact) mass is 227 g/mol. The smallest absolute Gasteiger partial charge is 0.263 e. The Labute approximate surface area is 93.3 Å². The van der Waals surface area contributed by atoms with Crippen molar-refractivity contribution in [2.75, 3.05) is 7.05 Å². The lowest BCUT2D eigenvalue weighted by Crippen LogP contribution is -2.40. The van der Waals surface area contributed by atoms with Crippen molar-refractivity contribution in [2.24, 2.45) is 0 Å². The van der Waals surface area contributed by atoms with E-state index in [1.165, 1.54) is 17.8 Å². The molecule has 2 nitrogen and oxygen atoms in total. The van der Waals surface area contributed by atoms with Gasteiger partial charge in [0, 0.05) is 23.4 Å². The van der Waals surface area contributed by atoms with Crippen molar-refractivity contribution >= 4 is 29.9 Å². The van der Waals surface area contributed by atoms with E-state index in [0.717, 1.165) is 22.6 Å². The Morgan fingerprint density at radius 3 is 2.79 bits per heavy atom. The van der Waals surface area contributed by atoms with E-state index in [1.807, 2.05) is 23.4 Å². The molecule has 2 rings (SSSR count). The van der Waals surface area contributed by atoms with Crippen LogP contribution in [0.2, 0.25) is 0 Å². The molecule has 0 unspecified atom stereocenters. The van der Waals surface area contributed by atoms with Gasteiger partial charge in [-0.3, -0.25) is 4.79 Å². The fourth-order valence-corrected chi connectivity index (χ4v) is 2.68. The number of rotatable bonds is 2. The van der Waals surface area contributed by atoms with Crippen LogP contribution in [0.25, 0.3) is 0 Å². The molecule has 1 aromatic heterocycles. The number of thiol groups is 1. The van der Waals surface area contributed by atoms with Crippen LogP contribution >= 0.6 is 24.0 Å². The maximum atomic E-state index is 11.9. The zero-order valence-electron chi connectivity index (χ0n) is 8.06. The van der Waals surface area contributed by atoms with Gasteiger partial charge in [0.05, 0.1) is 4.88 Å². The Morgan fingerprint density at radius 1 is 1.64 bits per heavy atom. The number of hydrogen-bond acceptors (Lipinski definition) is 3. The molecule has 0 radical (unpaired) electrons. The molecule has 0 N–H and O–H groups in total. The standard InChI is InChI=1S/C10H13NOS2/c1-11(7-3-2-4-7)10(12)9-5-8(13)6-14-9/h5-7,13H,2-4H2,1H3. The van der Waals surface area contributed by atoms with E-state index >= 15 is 0 Å². The summed E-state index contributed by atoms with van der Waals surface area (Å²) in [5, 5.41) is 1.89.